The number of hydrogen-bond acceptors (Lipinski definition) is 15. The van der Waals surface area contributed by atoms with Crippen molar-refractivity contribution in [2.75, 3.05) is 52.4 Å². The standard InChI is InChI=1S/C40H76N3O13P/c1-35(2,3)51-31(46)25-41(26-32(47)52-36(4,5)6)21-23-43(29(19-20-30(44)45)57(50,55-39(13,14)15)56-40(16,17)18)24-22-42(27-33(48)53-37(7,8)9)28-34(49)54-38(10,11)12/h29H,19-28H2,1-18H3,(H,44,45). The SMILES string of the molecule is CC(C)(C)OC(=O)CN(CCN(CCN(CC(=O)OC(C)(C)C)CC(=O)OC(C)(C)C)C(CCC(=O)O)P(=O)(OC(C)(C)C)OC(C)(C)C)CC(=O)OC(C)(C)C. The van der Waals surface area contributed by atoms with Gasteiger partial charge in [0.2, 0.25) is 0 Å². The highest BCUT2D eigenvalue weighted by Gasteiger charge is 2.46. The Bertz CT molecular complexity index is 1230. The number of hydrogen-bond donors (Lipinski definition) is 1. The van der Waals surface area contributed by atoms with Crippen LogP contribution in [0.4, 0.5) is 0 Å². The van der Waals surface area contributed by atoms with Crippen LogP contribution in [0.15, 0.2) is 0 Å². The van der Waals surface area contributed by atoms with Crippen molar-refractivity contribution in [3.63, 3.8) is 0 Å². The van der Waals surface area contributed by atoms with Crippen molar-refractivity contribution in [3.05, 3.63) is 0 Å². The molecule has 0 rings (SSSR count). The summed E-state index contributed by atoms with van der Waals surface area (Å²) in [5, 5.41) is 9.87. The van der Waals surface area contributed by atoms with E-state index in [1.807, 2.05) is 0 Å². The summed E-state index contributed by atoms with van der Waals surface area (Å²) in [6.07, 6.45) is -0.597. The maximum Gasteiger partial charge on any atom is 0.348 e. The lowest BCUT2D eigenvalue weighted by molar-refractivity contribution is -0.162. The number of carbonyl (C=O) groups excluding carboxylic acids is 4. The number of nitrogens with zero attached hydrogens (tertiary/aromatic N) is 3. The maximum absolute atomic E-state index is 15.2. The summed E-state index contributed by atoms with van der Waals surface area (Å²) in [5.41, 5.74) is -5.25. The van der Waals surface area contributed by atoms with Crippen molar-refractivity contribution in [1.82, 2.24) is 14.7 Å². The molecule has 0 saturated carbocycles. The Morgan fingerprint density at radius 2 is 0.737 bits per heavy atom. The molecule has 1 atom stereocenters. The predicted octanol–water partition coefficient (Wildman–Crippen LogP) is 6.27. The second-order valence-corrected chi connectivity index (χ2v) is 22.2. The van der Waals surface area contributed by atoms with Crippen LogP contribution in [-0.4, -0.2) is 141 Å². The van der Waals surface area contributed by atoms with Crippen molar-refractivity contribution in [2.24, 2.45) is 0 Å². The third kappa shape index (κ3) is 28.4. The molecule has 0 radical (unpaired) electrons. The summed E-state index contributed by atoms with van der Waals surface area (Å²) in [4.78, 5) is 69.3. The van der Waals surface area contributed by atoms with Crippen molar-refractivity contribution in [1.29, 1.82) is 0 Å². The Kier molecular flexibility index (Phi) is 20.6. The first-order valence-corrected chi connectivity index (χ1v) is 21.2. The zero-order valence-corrected chi connectivity index (χ0v) is 39.2. The van der Waals surface area contributed by atoms with Gasteiger partial charge < -0.3 is 33.1 Å². The third-order valence-corrected chi connectivity index (χ3v) is 9.62. The molecule has 0 amide bonds. The molecule has 0 aliphatic carbocycles. The van der Waals surface area contributed by atoms with E-state index in [0.717, 1.165) is 0 Å². The lowest BCUT2D eigenvalue weighted by Gasteiger charge is -2.42. The lowest BCUT2D eigenvalue weighted by Crippen LogP contribution is -2.49. The summed E-state index contributed by atoms with van der Waals surface area (Å²) in [6, 6.07) is 0. The van der Waals surface area contributed by atoms with Crippen LogP contribution in [0.1, 0.15) is 137 Å². The van der Waals surface area contributed by atoms with Gasteiger partial charge in [-0.3, -0.25) is 43.2 Å². The second kappa shape index (κ2) is 21.6. The van der Waals surface area contributed by atoms with Crippen LogP contribution in [0.3, 0.4) is 0 Å². The number of esters is 4. The molecule has 0 aromatic carbocycles. The number of carboxylic acid groups (broad SMARTS) is 1. The normalized spacial score (nSPS) is 14.1. The fraction of sp³-hybridized carbons (Fsp3) is 0.875. The summed E-state index contributed by atoms with van der Waals surface area (Å²) >= 11 is 0. The van der Waals surface area contributed by atoms with Crippen molar-refractivity contribution < 1.29 is 61.6 Å². The van der Waals surface area contributed by atoms with E-state index in [9.17, 15) is 29.1 Å². The number of carbonyl (C=O) groups is 5. The average Bonchev–Trinajstić information content (AvgIpc) is 2.86. The van der Waals surface area contributed by atoms with E-state index < -0.39 is 83.3 Å². The summed E-state index contributed by atoms with van der Waals surface area (Å²) in [6.45, 7) is 29.7. The highest BCUT2D eigenvalue weighted by Crippen LogP contribution is 2.60. The van der Waals surface area contributed by atoms with Crippen LogP contribution >= 0.6 is 7.60 Å². The Hall–Kier alpha value is -2.62. The van der Waals surface area contributed by atoms with Gasteiger partial charge in [0.15, 0.2) is 0 Å². The van der Waals surface area contributed by atoms with Gasteiger partial charge in [0.05, 0.1) is 37.4 Å². The molecular weight excluding hydrogens is 761 g/mol. The van der Waals surface area contributed by atoms with E-state index in [4.69, 9.17) is 28.0 Å². The minimum absolute atomic E-state index is 0.00518. The third-order valence-electron chi connectivity index (χ3n) is 6.70. The molecule has 0 heterocycles. The van der Waals surface area contributed by atoms with Crippen LogP contribution in [0.25, 0.3) is 0 Å². The summed E-state index contributed by atoms with van der Waals surface area (Å²) < 4.78 is 50.0. The van der Waals surface area contributed by atoms with Crippen LogP contribution in [0.5, 0.6) is 0 Å². The van der Waals surface area contributed by atoms with Crippen molar-refractivity contribution in [3.8, 4) is 0 Å². The highest BCUT2D eigenvalue weighted by atomic mass is 31.2. The van der Waals surface area contributed by atoms with Crippen LogP contribution < -0.4 is 0 Å². The summed E-state index contributed by atoms with van der Waals surface area (Å²) in [7, 11) is -4.27. The fourth-order valence-electron chi connectivity index (χ4n) is 5.30. The van der Waals surface area contributed by atoms with Crippen LogP contribution in [-0.2, 0) is 56.5 Å². The number of aliphatic carboxylic acids is 1. The molecule has 1 unspecified atom stereocenters. The van der Waals surface area contributed by atoms with Crippen LogP contribution in [0, 0.1) is 0 Å². The Morgan fingerprint density at radius 3 is 0.947 bits per heavy atom. The molecule has 57 heavy (non-hydrogen) atoms. The first-order valence-electron chi connectivity index (χ1n) is 19.6. The molecule has 0 spiro atoms. The molecule has 16 nitrogen and oxygen atoms in total. The number of ether oxygens (including phenoxy) is 4. The van der Waals surface area contributed by atoms with Crippen molar-refractivity contribution >= 4 is 37.4 Å². The topological polar surface area (TPSA) is 188 Å². The van der Waals surface area contributed by atoms with Crippen LogP contribution in [0.2, 0.25) is 0 Å². The van der Waals surface area contributed by atoms with Gasteiger partial charge in [-0.1, -0.05) is 0 Å². The first-order chi connectivity index (χ1) is 25.3. The van der Waals surface area contributed by atoms with Gasteiger partial charge >= 0.3 is 37.4 Å². The molecule has 0 aliphatic rings. The number of carboxylic acids is 1. The quantitative estimate of drug-likeness (QED) is 0.0773. The molecule has 334 valence electrons. The van der Waals surface area contributed by atoms with E-state index in [2.05, 4.69) is 0 Å². The molecule has 17 heteroatoms. The molecule has 0 saturated heterocycles. The van der Waals surface area contributed by atoms with Gasteiger partial charge in [-0.25, -0.2) is 0 Å². The molecule has 0 aliphatic heterocycles. The first kappa shape index (κ1) is 54.4. The zero-order chi connectivity index (χ0) is 45.0. The molecule has 1 N–H and O–H groups in total. The van der Waals surface area contributed by atoms with Gasteiger partial charge in [0.25, 0.3) is 0 Å². The minimum atomic E-state index is -4.27. The van der Waals surface area contributed by atoms with E-state index in [-0.39, 0.29) is 58.8 Å². The van der Waals surface area contributed by atoms with Gasteiger partial charge in [-0.15, -0.1) is 0 Å². The van der Waals surface area contributed by atoms with Gasteiger partial charge in [0, 0.05) is 32.6 Å². The monoisotopic (exact) mass is 838 g/mol. The lowest BCUT2D eigenvalue weighted by atomic mass is 10.2. The van der Waals surface area contributed by atoms with E-state index in [1.165, 1.54) is 9.80 Å². The molecular formula is C40H76N3O13P. The minimum Gasteiger partial charge on any atom is -0.481 e. The maximum atomic E-state index is 15.2. The van der Waals surface area contributed by atoms with E-state index in [1.54, 1.807) is 130 Å². The van der Waals surface area contributed by atoms with Gasteiger partial charge in [0.1, 0.15) is 28.2 Å². The second-order valence-electron chi connectivity index (χ2n) is 20.2. The molecule has 0 aromatic heterocycles. The molecule has 0 bridgehead atoms. The fourth-order valence-corrected chi connectivity index (χ4v) is 8.18. The highest BCUT2D eigenvalue weighted by molar-refractivity contribution is 7.54. The zero-order valence-electron chi connectivity index (χ0n) is 38.3. The average molecular weight is 838 g/mol. The van der Waals surface area contributed by atoms with Gasteiger partial charge in [-0.2, -0.15) is 0 Å². The van der Waals surface area contributed by atoms with E-state index >= 15 is 4.57 Å². The summed E-state index contributed by atoms with van der Waals surface area (Å²) in [5.74, 6) is -4.72. The Labute approximate surface area is 342 Å². The number of rotatable bonds is 21. The Morgan fingerprint density at radius 1 is 0.474 bits per heavy atom. The van der Waals surface area contributed by atoms with Crippen molar-refractivity contribution in [2.45, 2.75) is 177 Å². The van der Waals surface area contributed by atoms with E-state index in [0.29, 0.717) is 0 Å². The van der Waals surface area contributed by atoms with Gasteiger partial charge in [-0.05, 0) is 131 Å². The Balaban J connectivity index is 7.38. The molecule has 0 fully saturated rings. The largest absolute Gasteiger partial charge is 0.481 e. The predicted molar refractivity (Wildman–Crippen MR) is 218 cm³/mol. The molecule has 0 aromatic rings. The smallest absolute Gasteiger partial charge is 0.348 e.